The van der Waals surface area contributed by atoms with Gasteiger partial charge in [-0.25, -0.2) is 4.79 Å². The Balaban J connectivity index is 1.92. The third-order valence-electron chi connectivity index (χ3n) is 5.33. The minimum Gasteiger partial charge on any atom is -0.467 e. The molecule has 5 heteroatoms. The van der Waals surface area contributed by atoms with Crippen LogP contribution in [0.3, 0.4) is 0 Å². The Kier molecular flexibility index (Phi) is 5.16. The van der Waals surface area contributed by atoms with Crippen LogP contribution in [0.5, 0.6) is 0 Å². The van der Waals surface area contributed by atoms with Gasteiger partial charge in [-0.15, -0.1) is 0 Å². The molecule has 3 rings (SSSR count). The fraction of sp³-hybridized carbons (Fsp3) is 0.429. The molecule has 0 saturated heterocycles. The number of nitrogens with zero attached hydrogens (tertiary/aromatic N) is 1. The molecule has 1 aromatic carbocycles. The number of hydrogen-bond donors (Lipinski definition) is 1. The van der Waals surface area contributed by atoms with E-state index in [4.69, 9.17) is 4.74 Å². The van der Waals surface area contributed by atoms with Crippen LogP contribution < -0.4 is 5.32 Å². The van der Waals surface area contributed by atoms with Crippen LogP contribution in [-0.2, 0) is 9.53 Å². The van der Waals surface area contributed by atoms with E-state index >= 15 is 0 Å². The zero-order chi connectivity index (χ0) is 18.7. The van der Waals surface area contributed by atoms with Gasteiger partial charge in [-0.05, 0) is 44.9 Å². The van der Waals surface area contributed by atoms with E-state index in [1.807, 2.05) is 50.2 Å². The molecular weight excluding hydrogens is 328 g/mol. The van der Waals surface area contributed by atoms with Gasteiger partial charge >= 0.3 is 5.97 Å². The molecule has 1 aliphatic carbocycles. The van der Waals surface area contributed by atoms with Gasteiger partial charge in [0.25, 0.3) is 5.91 Å². The summed E-state index contributed by atoms with van der Waals surface area (Å²) < 4.78 is 7.06. The monoisotopic (exact) mass is 354 g/mol. The summed E-state index contributed by atoms with van der Waals surface area (Å²) in [6, 6.07) is 11.8. The Morgan fingerprint density at radius 1 is 1.08 bits per heavy atom. The number of carbonyl (C=O) groups is 2. The highest BCUT2D eigenvalue weighted by molar-refractivity contribution is 5.99. The highest BCUT2D eigenvalue weighted by Crippen LogP contribution is 2.30. The summed E-state index contributed by atoms with van der Waals surface area (Å²) in [4.78, 5) is 25.4. The average Bonchev–Trinajstić information content (AvgIpc) is 2.96. The van der Waals surface area contributed by atoms with Crippen molar-refractivity contribution in [1.82, 2.24) is 9.88 Å². The van der Waals surface area contributed by atoms with E-state index in [0.29, 0.717) is 18.4 Å². The normalized spacial score (nSPS) is 16.1. The number of para-hydroxylation sites is 1. The minimum atomic E-state index is -0.903. The minimum absolute atomic E-state index is 0.215. The number of carbonyl (C=O) groups excluding carboxylic acids is 2. The first kappa shape index (κ1) is 18.2. The van der Waals surface area contributed by atoms with Crippen molar-refractivity contribution in [3.8, 4) is 5.69 Å². The SMILES string of the molecule is COC(=O)C1(NC(=O)c2cc(C)n(-c3ccccc3)c2C)CCCCC1. The molecule has 2 aromatic rings. The van der Waals surface area contributed by atoms with Crippen molar-refractivity contribution in [2.24, 2.45) is 0 Å². The van der Waals surface area contributed by atoms with Crippen LogP contribution in [-0.4, -0.2) is 29.1 Å². The molecule has 1 N–H and O–H groups in total. The second kappa shape index (κ2) is 7.36. The number of methoxy groups -OCH3 is 1. The topological polar surface area (TPSA) is 60.3 Å². The molecule has 1 saturated carbocycles. The van der Waals surface area contributed by atoms with Crippen molar-refractivity contribution >= 4 is 11.9 Å². The quantitative estimate of drug-likeness (QED) is 0.852. The Labute approximate surface area is 154 Å². The second-order valence-corrected chi connectivity index (χ2v) is 7.04. The Hall–Kier alpha value is -2.56. The van der Waals surface area contributed by atoms with E-state index in [-0.39, 0.29) is 11.9 Å². The van der Waals surface area contributed by atoms with Crippen LogP contribution >= 0.6 is 0 Å². The summed E-state index contributed by atoms with van der Waals surface area (Å²) >= 11 is 0. The summed E-state index contributed by atoms with van der Waals surface area (Å²) in [6.45, 7) is 3.91. The molecule has 1 amide bonds. The van der Waals surface area contributed by atoms with Crippen LogP contribution in [0, 0.1) is 13.8 Å². The Bertz CT molecular complexity index is 802. The molecule has 1 aliphatic rings. The smallest absolute Gasteiger partial charge is 0.331 e. The van der Waals surface area contributed by atoms with Crippen molar-refractivity contribution in [3.05, 3.63) is 53.3 Å². The molecule has 0 radical (unpaired) electrons. The predicted molar refractivity (Wildman–Crippen MR) is 101 cm³/mol. The lowest BCUT2D eigenvalue weighted by Gasteiger charge is -2.35. The number of amides is 1. The molecule has 0 spiro atoms. The van der Waals surface area contributed by atoms with Crippen LogP contribution in [0.2, 0.25) is 0 Å². The van der Waals surface area contributed by atoms with E-state index in [1.54, 1.807) is 0 Å². The zero-order valence-corrected chi connectivity index (χ0v) is 15.7. The average molecular weight is 354 g/mol. The van der Waals surface area contributed by atoms with Crippen molar-refractivity contribution < 1.29 is 14.3 Å². The first-order valence-corrected chi connectivity index (χ1v) is 9.14. The molecular formula is C21H26N2O3. The molecule has 1 aromatic heterocycles. The molecule has 138 valence electrons. The standard InChI is InChI=1S/C21H26N2O3/c1-15-14-18(16(2)23(15)17-10-6-4-7-11-17)19(24)22-21(20(25)26-3)12-8-5-9-13-21/h4,6-7,10-11,14H,5,8-9,12-13H2,1-3H3,(H,22,24). The van der Waals surface area contributed by atoms with Gasteiger partial charge in [-0.1, -0.05) is 37.5 Å². The van der Waals surface area contributed by atoms with E-state index in [9.17, 15) is 9.59 Å². The summed E-state index contributed by atoms with van der Waals surface area (Å²) in [5.74, 6) is -0.560. The molecule has 1 heterocycles. The number of benzene rings is 1. The third kappa shape index (κ3) is 3.26. The first-order chi connectivity index (χ1) is 12.5. The van der Waals surface area contributed by atoms with Gasteiger partial charge < -0.3 is 14.6 Å². The van der Waals surface area contributed by atoms with Gasteiger partial charge in [0.2, 0.25) is 0 Å². The van der Waals surface area contributed by atoms with Gasteiger partial charge in [0.1, 0.15) is 5.54 Å². The van der Waals surface area contributed by atoms with Crippen LogP contribution in [0.4, 0.5) is 0 Å². The zero-order valence-electron chi connectivity index (χ0n) is 15.7. The van der Waals surface area contributed by atoms with Crippen LogP contribution in [0.25, 0.3) is 5.69 Å². The van der Waals surface area contributed by atoms with Gasteiger partial charge in [0, 0.05) is 17.1 Å². The lowest BCUT2D eigenvalue weighted by Crippen LogP contribution is -2.56. The van der Waals surface area contributed by atoms with Gasteiger partial charge in [-0.2, -0.15) is 0 Å². The molecule has 0 bridgehead atoms. The lowest BCUT2D eigenvalue weighted by molar-refractivity contribution is -0.149. The van der Waals surface area contributed by atoms with Crippen LogP contribution in [0.1, 0.15) is 53.8 Å². The first-order valence-electron chi connectivity index (χ1n) is 9.14. The summed E-state index contributed by atoms with van der Waals surface area (Å²) in [6.07, 6.45) is 4.17. The molecule has 5 nitrogen and oxygen atoms in total. The van der Waals surface area contributed by atoms with Gasteiger partial charge in [0.05, 0.1) is 12.7 Å². The van der Waals surface area contributed by atoms with Crippen molar-refractivity contribution in [2.45, 2.75) is 51.5 Å². The number of aryl methyl sites for hydroxylation is 1. The Morgan fingerprint density at radius 2 is 1.73 bits per heavy atom. The summed E-state index contributed by atoms with van der Waals surface area (Å²) in [7, 11) is 1.38. The highest BCUT2D eigenvalue weighted by Gasteiger charge is 2.42. The fourth-order valence-electron chi connectivity index (χ4n) is 3.98. The maximum atomic E-state index is 13.0. The van der Waals surface area contributed by atoms with Crippen molar-refractivity contribution in [2.75, 3.05) is 7.11 Å². The van der Waals surface area contributed by atoms with Crippen molar-refractivity contribution in [1.29, 1.82) is 0 Å². The summed E-state index contributed by atoms with van der Waals surface area (Å²) in [5, 5.41) is 3.01. The Morgan fingerprint density at radius 3 is 2.35 bits per heavy atom. The maximum Gasteiger partial charge on any atom is 0.331 e. The largest absolute Gasteiger partial charge is 0.467 e. The molecule has 0 unspecified atom stereocenters. The maximum absolute atomic E-state index is 13.0. The summed E-state index contributed by atoms with van der Waals surface area (Å²) in [5.41, 5.74) is 2.55. The van der Waals surface area contributed by atoms with Gasteiger partial charge in [-0.3, -0.25) is 4.79 Å². The molecule has 0 atom stereocenters. The second-order valence-electron chi connectivity index (χ2n) is 7.04. The molecule has 26 heavy (non-hydrogen) atoms. The third-order valence-corrected chi connectivity index (χ3v) is 5.33. The van der Waals surface area contributed by atoms with E-state index < -0.39 is 5.54 Å². The number of ether oxygens (including phenoxy) is 1. The van der Waals surface area contributed by atoms with Gasteiger partial charge in [0.15, 0.2) is 0 Å². The number of esters is 1. The van der Waals surface area contributed by atoms with Crippen LogP contribution in [0.15, 0.2) is 36.4 Å². The lowest BCUT2D eigenvalue weighted by atomic mass is 9.81. The molecule has 1 fully saturated rings. The predicted octanol–water partition coefficient (Wildman–Crippen LogP) is 3.70. The van der Waals surface area contributed by atoms with E-state index in [2.05, 4.69) is 9.88 Å². The number of rotatable bonds is 4. The number of nitrogens with one attached hydrogen (secondary N) is 1. The van der Waals surface area contributed by atoms with E-state index in [1.165, 1.54) is 7.11 Å². The number of hydrogen-bond acceptors (Lipinski definition) is 3. The number of aromatic nitrogens is 1. The van der Waals surface area contributed by atoms with E-state index in [0.717, 1.165) is 36.3 Å². The fourth-order valence-corrected chi connectivity index (χ4v) is 3.98. The van der Waals surface area contributed by atoms with Crippen molar-refractivity contribution in [3.63, 3.8) is 0 Å². The highest BCUT2D eigenvalue weighted by atomic mass is 16.5. The molecule has 0 aliphatic heterocycles.